The average Bonchev–Trinajstić information content (AvgIpc) is 2.01. The Kier molecular flexibility index (Phi) is 3.22. The average molecular weight is 233 g/mol. The Morgan fingerprint density at radius 3 is 2.21 bits per heavy atom. The van der Waals surface area contributed by atoms with Crippen molar-refractivity contribution in [3.8, 4) is 0 Å². The third-order valence-corrected chi connectivity index (χ3v) is 3.61. The molecule has 0 saturated heterocycles. The van der Waals surface area contributed by atoms with E-state index < -0.39 is 9.84 Å². The fourth-order valence-corrected chi connectivity index (χ4v) is 3.13. The van der Waals surface area contributed by atoms with Gasteiger partial charge in [0, 0.05) is 6.26 Å². The molecule has 0 saturated carbocycles. The Balaban J connectivity index is 3.54. The van der Waals surface area contributed by atoms with Crippen molar-refractivity contribution in [2.75, 3.05) is 6.26 Å². The zero-order chi connectivity index (χ0) is 10.9. The maximum atomic E-state index is 11.5. The van der Waals surface area contributed by atoms with Crippen molar-refractivity contribution in [2.24, 2.45) is 0 Å². The highest BCUT2D eigenvalue weighted by Crippen LogP contribution is 2.29. The second-order valence-corrected chi connectivity index (χ2v) is 5.94. The first-order valence-corrected chi connectivity index (χ1v) is 6.59. The maximum Gasteiger partial charge on any atom is 0.177 e. The van der Waals surface area contributed by atoms with Gasteiger partial charge in [-0.25, -0.2) is 8.42 Å². The minimum absolute atomic E-state index is 0.151. The van der Waals surface area contributed by atoms with E-state index in [1.54, 1.807) is 18.2 Å². The van der Waals surface area contributed by atoms with Gasteiger partial charge in [0.2, 0.25) is 0 Å². The first-order valence-electron chi connectivity index (χ1n) is 4.32. The summed E-state index contributed by atoms with van der Waals surface area (Å²) in [5, 5.41) is 0.304. The van der Waals surface area contributed by atoms with Crippen LogP contribution in [-0.4, -0.2) is 14.7 Å². The Hall–Kier alpha value is -0.540. The molecule has 2 nitrogen and oxygen atoms in total. The largest absolute Gasteiger partial charge is 0.224 e. The van der Waals surface area contributed by atoms with Crippen molar-refractivity contribution in [3.63, 3.8) is 0 Å². The van der Waals surface area contributed by atoms with Crippen molar-refractivity contribution in [1.29, 1.82) is 0 Å². The monoisotopic (exact) mass is 232 g/mol. The zero-order valence-electron chi connectivity index (χ0n) is 8.41. The molecule has 0 N–H and O–H groups in total. The van der Waals surface area contributed by atoms with E-state index in [9.17, 15) is 8.42 Å². The van der Waals surface area contributed by atoms with Gasteiger partial charge in [-0.3, -0.25) is 0 Å². The van der Waals surface area contributed by atoms with Crippen molar-refractivity contribution < 1.29 is 8.42 Å². The van der Waals surface area contributed by atoms with Crippen LogP contribution in [0.5, 0.6) is 0 Å². The quantitative estimate of drug-likeness (QED) is 0.786. The van der Waals surface area contributed by atoms with E-state index >= 15 is 0 Å². The van der Waals surface area contributed by atoms with E-state index in [-0.39, 0.29) is 10.8 Å². The molecule has 0 heterocycles. The molecular weight excluding hydrogens is 220 g/mol. The first kappa shape index (κ1) is 11.5. The number of sulfone groups is 1. The van der Waals surface area contributed by atoms with Crippen molar-refractivity contribution in [1.82, 2.24) is 0 Å². The van der Waals surface area contributed by atoms with Crippen molar-refractivity contribution >= 4 is 21.4 Å². The number of hydrogen-bond acceptors (Lipinski definition) is 2. The SMILES string of the molecule is CC(C)c1cccc(Cl)c1S(C)(=O)=O. The fourth-order valence-electron chi connectivity index (χ4n) is 1.37. The van der Waals surface area contributed by atoms with Gasteiger partial charge < -0.3 is 0 Å². The van der Waals surface area contributed by atoms with E-state index in [1.807, 2.05) is 13.8 Å². The molecule has 78 valence electrons. The molecule has 0 unspecified atom stereocenters. The molecule has 0 amide bonds. The minimum Gasteiger partial charge on any atom is -0.224 e. The van der Waals surface area contributed by atoms with Gasteiger partial charge in [-0.2, -0.15) is 0 Å². The van der Waals surface area contributed by atoms with Crippen LogP contribution in [0.15, 0.2) is 23.1 Å². The second-order valence-electron chi connectivity index (χ2n) is 3.59. The van der Waals surface area contributed by atoms with Crippen molar-refractivity contribution in [3.05, 3.63) is 28.8 Å². The molecule has 0 aliphatic heterocycles. The van der Waals surface area contributed by atoms with E-state index in [2.05, 4.69) is 0 Å². The molecule has 4 heteroatoms. The van der Waals surface area contributed by atoms with E-state index in [4.69, 9.17) is 11.6 Å². The standard InChI is InChI=1S/C10H13ClO2S/c1-7(2)8-5-4-6-9(11)10(8)14(3,12)13/h4-7H,1-3H3. The van der Waals surface area contributed by atoms with Crippen LogP contribution < -0.4 is 0 Å². The molecule has 0 bridgehead atoms. The topological polar surface area (TPSA) is 34.1 Å². The number of benzene rings is 1. The van der Waals surface area contributed by atoms with Crippen LogP contribution in [-0.2, 0) is 9.84 Å². The smallest absolute Gasteiger partial charge is 0.177 e. The third-order valence-electron chi connectivity index (χ3n) is 1.99. The van der Waals surface area contributed by atoms with Crippen LogP contribution in [0, 0.1) is 0 Å². The lowest BCUT2D eigenvalue weighted by Gasteiger charge is -2.12. The molecule has 0 radical (unpaired) electrons. The van der Waals surface area contributed by atoms with Crippen LogP contribution in [0.25, 0.3) is 0 Å². The molecule has 1 aromatic rings. The predicted molar refractivity (Wildman–Crippen MR) is 58.7 cm³/mol. The lowest BCUT2D eigenvalue weighted by Crippen LogP contribution is -2.04. The molecule has 1 rings (SSSR count). The number of hydrogen-bond donors (Lipinski definition) is 0. The summed E-state index contributed by atoms with van der Waals surface area (Å²) in [6.07, 6.45) is 1.18. The molecule has 0 atom stereocenters. The van der Waals surface area contributed by atoms with E-state index in [1.165, 1.54) is 6.26 Å². The normalized spacial score (nSPS) is 12.1. The van der Waals surface area contributed by atoms with Crippen LogP contribution in [0.2, 0.25) is 5.02 Å². The number of halogens is 1. The maximum absolute atomic E-state index is 11.5. The first-order chi connectivity index (χ1) is 6.34. The Morgan fingerprint density at radius 1 is 1.29 bits per heavy atom. The summed E-state index contributed by atoms with van der Waals surface area (Å²) in [6.45, 7) is 3.89. The molecule has 0 spiro atoms. The van der Waals surface area contributed by atoms with Crippen LogP contribution >= 0.6 is 11.6 Å². The summed E-state index contributed by atoms with van der Waals surface area (Å²) < 4.78 is 23.0. The van der Waals surface area contributed by atoms with Gasteiger partial charge in [-0.15, -0.1) is 0 Å². The summed E-state index contributed by atoms with van der Waals surface area (Å²) in [6, 6.07) is 5.17. The molecule has 1 aromatic carbocycles. The molecular formula is C10H13ClO2S. The van der Waals surface area contributed by atoms with Gasteiger partial charge in [0.15, 0.2) is 9.84 Å². The Morgan fingerprint density at radius 2 is 1.86 bits per heavy atom. The summed E-state index contributed by atoms with van der Waals surface area (Å²) in [4.78, 5) is 0.261. The summed E-state index contributed by atoms with van der Waals surface area (Å²) in [5.74, 6) is 0.151. The van der Waals surface area contributed by atoms with Crippen LogP contribution in [0.3, 0.4) is 0 Å². The predicted octanol–water partition coefficient (Wildman–Crippen LogP) is 2.87. The lowest BCUT2D eigenvalue weighted by atomic mass is 10.0. The second kappa shape index (κ2) is 3.91. The van der Waals surface area contributed by atoms with Gasteiger partial charge in [0.05, 0.1) is 9.92 Å². The summed E-state index contributed by atoms with van der Waals surface area (Å²) in [7, 11) is -3.24. The highest BCUT2D eigenvalue weighted by Gasteiger charge is 2.18. The fraction of sp³-hybridized carbons (Fsp3) is 0.400. The van der Waals surface area contributed by atoms with Gasteiger partial charge in [-0.05, 0) is 17.5 Å². The minimum atomic E-state index is -3.24. The van der Waals surface area contributed by atoms with Crippen LogP contribution in [0.1, 0.15) is 25.3 Å². The molecule has 14 heavy (non-hydrogen) atoms. The molecule has 0 fully saturated rings. The van der Waals surface area contributed by atoms with E-state index in [0.29, 0.717) is 5.02 Å². The molecule has 0 aliphatic carbocycles. The summed E-state index contributed by atoms with van der Waals surface area (Å²) >= 11 is 5.88. The molecule has 0 aliphatic rings. The zero-order valence-corrected chi connectivity index (χ0v) is 9.98. The highest BCUT2D eigenvalue weighted by atomic mass is 35.5. The van der Waals surface area contributed by atoms with Gasteiger partial charge in [0.25, 0.3) is 0 Å². The third kappa shape index (κ3) is 2.28. The lowest BCUT2D eigenvalue weighted by molar-refractivity contribution is 0.599. The number of rotatable bonds is 2. The van der Waals surface area contributed by atoms with Gasteiger partial charge in [-0.1, -0.05) is 37.6 Å². The van der Waals surface area contributed by atoms with Gasteiger partial charge in [0.1, 0.15) is 0 Å². The highest BCUT2D eigenvalue weighted by molar-refractivity contribution is 7.90. The van der Waals surface area contributed by atoms with Crippen molar-refractivity contribution in [2.45, 2.75) is 24.7 Å². The van der Waals surface area contributed by atoms with E-state index in [0.717, 1.165) is 5.56 Å². The Bertz CT molecular complexity index is 435. The molecule has 0 aromatic heterocycles. The van der Waals surface area contributed by atoms with Crippen LogP contribution in [0.4, 0.5) is 0 Å². The van der Waals surface area contributed by atoms with Gasteiger partial charge >= 0.3 is 0 Å². The Labute approximate surface area is 89.8 Å². The summed E-state index contributed by atoms with van der Waals surface area (Å²) in [5.41, 5.74) is 0.778.